The molecule has 5 fully saturated rings. The molecular weight excluding hydrogens is 887 g/mol. The van der Waals surface area contributed by atoms with E-state index in [1.807, 2.05) is 12.1 Å². The van der Waals surface area contributed by atoms with Crippen molar-refractivity contribution in [2.75, 3.05) is 75.9 Å². The number of rotatable bonds is 12. The Hall–Kier alpha value is -5.79. The number of carbonyl (C=O) groups is 1. The lowest BCUT2D eigenvalue weighted by atomic mass is 9.59. The van der Waals surface area contributed by atoms with Crippen LogP contribution in [-0.4, -0.2) is 134 Å². The normalized spacial score (nSPS) is 23.6. The summed E-state index contributed by atoms with van der Waals surface area (Å²) in [7, 11) is -4.65. The summed E-state index contributed by atoms with van der Waals surface area (Å²) in [6.07, 6.45) is 10.3. The van der Waals surface area contributed by atoms with Gasteiger partial charge in [-0.2, -0.15) is 0 Å². The molecule has 1 saturated carbocycles. The number of anilines is 2. The van der Waals surface area contributed by atoms with Gasteiger partial charge in [0.1, 0.15) is 23.8 Å². The molecular formula is C50H59N9O8S. The lowest BCUT2D eigenvalue weighted by Crippen LogP contribution is -2.61. The number of nitro groups is 1. The van der Waals surface area contributed by atoms with E-state index < -0.39 is 31.4 Å². The van der Waals surface area contributed by atoms with Crippen molar-refractivity contribution in [2.45, 2.75) is 87.5 Å². The number of piperazine rings is 1. The van der Waals surface area contributed by atoms with E-state index in [4.69, 9.17) is 14.2 Å². The van der Waals surface area contributed by atoms with Gasteiger partial charge in [0.2, 0.25) is 0 Å². The zero-order chi connectivity index (χ0) is 46.7. The second-order valence-electron chi connectivity index (χ2n) is 19.9. The lowest BCUT2D eigenvalue weighted by Gasteiger charge is -2.56. The third-order valence-corrected chi connectivity index (χ3v) is 16.9. The number of aromatic nitrogens is 2. The smallest absolute Gasteiger partial charge is 0.297 e. The molecule has 0 unspecified atom stereocenters. The van der Waals surface area contributed by atoms with Crippen LogP contribution in [0.3, 0.4) is 0 Å². The van der Waals surface area contributed by atoms with E-state index in [0.29, 0.717) is 47.5 Å². The summed E-state index contributed by atoms with van der Waals surface area (Å²) in [4.78, 5) is 42.9. The second-order valence-corrected chi connectivity index (χ2v) is 21.6. The predicted octanol–water partition coefficient (Wildman–Crippen LogP) is 6.85. The van der Waals surface area contributed by atoms with Crippen LogP contribution in [0.4, 0.5) is 17.1 Å². The van der Waals surface area contributed by atoms with Crippen molar-refractivity contribution in [2.24, 2.45) is 5.41 Å². The molecule has 2 aromatic heterocycles. The SMILES string of the molecule is Cc1ccccc1[C@@H]1CCCN1C1CC2(CCN(c3ccc(C(=O)NS(=O)(=O)c4cc5c(c([N+](=O)[O-])c4)N[C@@H](CN4CCN(C6COC6)[C@H](C)C4)CO5)c(Oc4cnc5[nH]ccc5c4)c3)CC2)C1. The van der Waals surface area contributed by atoms with Crippen LogP contribution in [0.2, 0.25) is 0 Å². The topological polar surface area (TPSA) is 188 Å². The molecule has 18 heteroatoms. The Morgan fingerprint density at radius 2 is 1.81 bits per heavy atom. The zero-order valence-corrected chi connectivity index (χ0v) is 39.4. The van der Waals surface area contributed by atoms with Crippen molar-refractivity contribution >= 4 is 44.0 Å². The standard InChI is InChI=1S/C50H59N9O8S/c1-32-6-3-4-7-41(32)43-8-5-15-58(43)37-24-50(25-37)12-16-56(17-13-50)36-9-10-42(45(21-36)67-39-20-34-11-14-51-48(34)52-26-39)49(60)54-68(63,64)40-22-44(59(61)62)47-46(23-40)66-29-35(53-47)28-55-18-19-57(33(2)27-55)38-30-65-31-38/h3-4,6-7,9-11,14,20-23,26,33,35,37-38,43,53H,5,8,12-13,15-19,24-25,27-31H2,1-2H3,(H,51,52)(H,54,60)/t33-,35+,43+/m1/s1. The molecule has 1 aliphatic carbocycles. The monoisotopic (exact) mass is 945 g/mol. The molecule has 7 heterocycles. The lowest BCUT2D eigenvalue weighted by molar-refractivity contribution is -0.384. The van der Waals surface area contributed by atoms with Crippen molar-refractivity contribution in [3.63, 3.8) is 0 Å². The number of hydrogen-bond donors (Lipinski definition) is 3. The third-order valence-electron chi connectivity index (χ3n) is 15.6. The number of nitrogens with zero attached hydrogens (tertiary/aromatic N) is 6. The van der Waals surface area contributed by atoms with Gasteiger partial charge in [0.15, 0.2) is 11.4 Å². The first kappa shape index (κ1) is 44.7. The fraction of sp³-hybridized carbons (Fsp3) is 0.480. The average molecular weight is 946 g/mol. The molecule has 5 aromatic rings. The molecule has 68 heavy (non-hydrogen) atoms. The van der Waals surface area contributed by atoms with Gasteiger partial charge >= 0.3 is 0 Å². The number of aryl methyl sites for hydroxylation is 1. The number of nitro benzene ring substituents is 1. The van der Waals surface area contributed by atoms with Gasteiger partial charge in [-0.3, -0.25) is 29.6 Å². The molecule has 1 spiro atoms. The van der Waals surface area contributed by atoms with Gasteiger partial charge in [-0.05, 0) is 99.7 Å². The van der Waals surface area contributed by atoms with E-state index in [9.17, 15) is 23.3 Å². The Labute approximate surface area is 396 Å². The van der Waals surface area contributed by atoms with Gasteiger partial charge in [0.05, 0.1) is 46.9 Å². The van der Waals surface area contributed by atoms with Crippen LogP contribution in [0.1, 0.15) is 73.0 Å². The second kappa shape index (κ2) is 17.9. The van der Waals surface area contributed by atoms with Crippen LogP contribution in [0.15, 0.2) is 84.0 Å². The maximum absolute atomic E-state index is 14.1. The van der Waals surface area contributed by atoms with Gasteiger partial charge in [-0.1, -0.05) is 24.3 Å². The Bertz CT molecular complexity index is 2840. The number of ether oxygens (including phenoxy) is 3. The summed E-state index contributed by atoms with van der Waals surface area (Å²) < 4.78 is 48.0. The minimum absolute atomic E-state index is 0.0238. The maximum Gasteiger partial charge on any atom is 0.297 e. The Morgan fingerprint density at radius 1 is 0.985 bits per heavy atom. The van der Waals surface area contributed by atoms with Crippen LogP contribution in [0.25, 0.3) is 11.0 Å². The number of hydrogen-bond acceptors (Lipinski definition) is 14. The summed E-state index contributed by atoms with van der Waals surface area (Å²) in [5.74, 6) is -0.417. The van der Waals surface area contributed by atoms with Crippen molar-refractivity contribution in [1.29, 1.82) is 0 Å². The molecule has 358 valence electrons. The number of piperidine rings is 1. The van der Waals surface area contributed by atoms with Crippen LogP contribution < -0.4 is 24.4 Å². The molecule has 3 N–H and O–H groups in total. The van der Waals surface area contributed by atoms with Crippen molar-refractivity contribution in [3.8, 4) is 17.2 Å². The molecule has 4 saturated heterocycles. The number of aromatic amines is 1. The van der Waals surface area contributed by atoms with Crippen LogP contribution in [-0.2, 0) is 14.8 Å². The van der Waals surface area contributed by atoms with Crippen LogP contribution >= 0.6 is 0 Å². The number of carbonyl (C=O) groups excluding carboxylic acids is 1. The maximum atomic E-state index is 14.1. The number of nitrogens with one attached hydrogen (secondary N) is 3. The van der Waals surface area contributed by atoms with E-state index >= 15 is 0 Å². The molecule has 5 aliphatic heterocycles. The molecule has 0 radical (unpaired) electrons. The highest BCUT2D eigenvalue weighted by Crippen LogP contribution is 2.54. The first-order valence-electron chi connectivity index (χ1n) is 24.0. The molecule has 3 atom stereocenters. The minimum Gasteiger partial charge on any atom is -0.489 e. The van der Waals surface area contributed by atoms with E-state index in [0.717, 1.165) is 82.5 Å². The van der Waals surface area contributed by atoms with Gasteiger partial charge in [-0.15, -0.1) is 0 Å². The summed E-state index contributed by atoms with van der Waals surface area (Å²) in [6, 6.07) is 21.4. The zero-order valence-electron chi connectivity index (χ0n) is 38.6. The number of benzene rings is 3. The highest BCUT2D eigenvalue weighted by atomic mass is 32.2. The number of H-pyrrole nitrogens is 1. The Balaban J connectivity index is 0.784. The fourth-order valence-corrected chi connectivity index (χ4v) is 12.8. The fourth-order valence-electron chi connectivity index (χ4n) is 11.8. The highest BCUT2D eigenvalue weighted by Gasteiger charge is 2.50. The van der Waals surface area contributed by atoms with Crippen molar-refractivity contribution in [1.82, 2.24) is 29.4 Å². The van der Waals surface area contributed by atoms with Gasteiger partial charge < -0.3 is 29.4 Å². The molecule has 6 aliphatic rings. The van der Waals surface area contributed by atoms with E-state index in [2.05, 4.69) is 77.7 Å². The summed E-state index contributed by atoms with van der Waals surface area (Å²) in [6.45, 7) is 12.1. The molecule has 0 bridgehead atoms. The Kier molecular flexibility index (Phi) is 11.8. The summed E-state index contributed by atoms with van der Waals surface area (Å²) >= 11 is 0. The number of fused-ring (bicyclic) bond motifs is 2. The Morgan fingerprint density at radius 3 is 2.57 bits per heavy atom. The quantitative estimate of drug-likeness (QED) is 0.0870. The van der Waals surface area contributed by atoms with Crippen molar-refractivity contribution < 1.29 is 32.3 Å². The first-order valence-corrected chi connectivity index (χ1v) is 25.5. The molecule has 1 amide bonds. The van der Waals surface area contributed by atoms with E-state index in [-0.39, 0.29) is 35.4 Å². The van der Waals surface area contributed by atoms with Gasteiger partial charge in [-0.25, -0.2) is 18.1 Å². The predicted molar refractivity (Wildman–Crippen MR) is 257 cm³/mol. The van der Waals surface area contributed by atoms with E-state index in [1.165, 1.54) is 42.9 Å². The highest BCUT2D eigenvalue weighted by molar-refractivity contribution is 7.90. The summed E-state index contributed by atoms with van der Waals surface area (Å²) in [5, 5.41) is 16.5. The largest absolute Gasteiger partial charge is 0.489 e. The molecule has 3 aromatic carbocycles. The van der Waals surface area contributed by atoms with Crippen LogP contribution in [0, 0.1) is 22.5 Å². The van der Waals surface area contributed by atoms with Crippen LogP contribution in [0.5, 0.6) is 17.2 Å². The average Bonchev–Trinajstić information content (AvgIpc) is 3.98. The molecule has 17 nitrogen and oxygen atoms in total. The number of amides is 1. The minimum atomic E-state index is -4.65. The van der Waals surface area contributed by atoms with Crippen molar-refractivity contribution in [3.05, 3.63) is 106 Å². The number of sulfonamides is 1. The number of pyridine rings is 1. The summed E-state index contributed by atoms with van der Waals surface area (Å²) in [5.41, 5.74) is 4.28. The first-order chi connectivity index (χ1) is 32.9. The molecule has 11 rings (SSSR count). The van der Waals surface area contributed by atoms with Gasteiger partial charge in [0.25, 0.3) is 21.6 Å². The third kappa shape index (κ3) is 8.65. The van der Waals surface area contributed by atoms with Gasteiger partial charge in [0, 0.05) is 92.9 Å². The number of likely N-dealkylation sites (tertiary alicyclic amines) is 1. The van der Waals surface area contributed by atoms with E-state index in [1.54, 1.807) is 30.6 Å².